The lowest BCUT2D eigenvalue weighted by Crippen LogP contribution is -2.45. The Morgan fingerprint density at radius 3 is 2.81 bits per heavy atom. The second-order valence-electron chi connectivity index (χ2n) is 8.84. The maximum absolute atomic E-state index is 14.4. The molecule has 0 bridgehead atoms. The van der Waals surface area contributed by atoms with Crippen LogP contribution in [-0.2, 0) is 4.79 Å². The Bertz CT molecular complexity index is 1250. The first kappa shape index (κ1) is 24.4. The van der Waals surface area contributed by atoms with Gasteiger partial charge in [0.1, 0.15) is 23.3 Å². The van der Waals surface area contributed by atoms with Crippen LogP contribution in [0.25, 0.3) is 11.4 Å². The van der Waals surface area contributed by atoms with Crippen molar-refractivity contribution in [1.82, 2.24) is 24.8 Å². The minimum absolute atomic E-state index is 0.0684. The molecule has 0 aromatic carbocycles. The fourth-order valence-electron chi connectivity index (χ4n) is 4.31. The average molecular weight is 512 g/mol. The highest BCUT2D eigenvalue weighted by Gasteiger charge is 2.23. The van der Waals surface area contributed by atoms with E-state index in [0.717, 1.165) is 38.4 Å². The molecular formula is C25H27ClFN7O2. The van der Waals surface area contributed by atoms with Gasteiger partial charge in [0.25, 0.3) is 0 Å². The van der Waals surface area contributed by atoms with Gasteiger partial charge >= 0.3 is 0 Å². The van der Waals surface area contributed by atoms with Crippen molar-refractivity contribution < 1.29 is 13.9 Å². The smallest absolute Gasteiger partial charge is 0.226 e. The number of likely N-dealkylation sites (N-methyl/N-ethyl adjacent to an activating group) is 1. The van der Waals surface area contributed by atoms with Gasteiger partial charge in [-0.15, -0.1) is 0 Å². The number of carbonyl (C=O) groups excluding carboxylic acids is 1. The Hall–Kier alpha value is -3.34. The molecule has 0 aliphatic carbocycles. The van der Waals surface area contributed by atoms with Crippen molar-refractivity contribution in [2.45, 2.75) is 6.42 Å². The van der Waals surface area contributed by atoms with Gasteiger partial charge in [0.2, 0.25) is 5.91 Å². The highest BCUT2D eigenvalue weighted by Crippen LogP contribution is 2.39. The summed E-state index contributed by atoms with van der Waals surface area (Å²) in [4.78, 5) is 31.9. The third kappa shape index (κ3) is 5.56. The molecule has 11 heteroatoms. The monoisotopic (exact) mass is 511 g/mol. The van der Waals surface area contributed by atoms with Crippen molar-refractivity contribution in [2.75, 3.05) is 63.1 Å². The van der Waals surface area contributed by atoms with Crippen molar-refractivity contribution in [3.63, 3.8) is 0 Å². The zero-order chi connectivity index (χ0) is 25.1. The van der Waals surface area contributed by atoms with E-state index in [1.54, 1.807) is 18.5 Å². The van der Waals surface area contributed by atoms with Crippen molar-refractivity contribution in [2.24, 2.45) is 0 Å². The summed E-state index contributed by atoms with van der Waals surface area (Å²) in [6.07, 6.45) is 3.62. The van der Waals surface area contributed by atoms with E-state index < -0.39 is 5.82 Å². The first-order valence-electron chi connectivity index (χ1n) is 11.9. The average Bonchev–Trinajstić information content (AvgIpc) is 2.89. The molecule has 0 spiro atoms. The summed E-state index contributed by atoms with van der Waals surface area (Å²) in [6, 6.07) is 8.06. The lowest BCUT2D eigenvalue weighted by Gasteiger charge is -2.32. The van der Waals surface area contributed by atoms with Crippen LogP contribution in [0.5, 0.6) is 5.75 Å². The molecule has 36 heavy (non-hydrogen) atoms. The van der Waals surface area contributed by atoms with Gasteiger partial charge in [-0.2, -0.15) is 0 Å². The molecule has 3 aromatic rings. The number of amides is 1. The van der Waals surface area contributed by atoms with Crippen LogP contribution in [0.4, 0.5) is 21.6 Å². The number of hydrogen-bond donors (Lipinski definition) is 1. The number of nitrogens with one attached hydrogen (secondary N) is 1. The lowest BCUT2D eigenvalue weighted by molar-refractivity contribution is -0.116. The number of fused-ring (bicyclic) bond motifs is 1. The van der Waals surface area contributed by atoms with Crippen molar-refractivity contribution in [3.05, 3.63) is 53.7 Å². The van der Waals surface area contributed by atoms with E-state index in [1.165, 1.54) is 12.1 Å². The van der Waals surface area contributed by atoms with Crippen LogP contribution < -0.4 is 15.0 Å². The number of anilines is 3. The van der Waals surface area contributed by atoms with Crippen molar-refractivity contribution in [3.8, 4) is 17.1 Å². The summed E-state index contributed by atoms with van der Waals surface area (Å²) in [5.74, 6) is 0.457. The number of hydrogen-bond acceptors (Lipinski definition) is 8. The first-order chi connectivity index (χ1) is 17.5. The standard InChI is InChI=1S/C25H27ClFN7O2/c1-32-8-10-33(11-9-32)7-5-24(35)31-23-14-17(4-6-28-23)34-12-13-36-21-16-29-19(15-20(21)34)25-18(27)2-3-22(26)30-25/h2-4,6,14-16H,5,7-13H2,1H3,(H,28,31,35). The summed E-state index contributed by atoms with van der Waals surface area (Å²) in [6.45, 7) is 5.71. The minimum Gasteiger partial charge on any atom is -0.488 e. The normalized spacial score (nSPS) is 16.4. The summed E-state index contributed by atoms with van der Waals surface area (Å²) in [5.41, 5.74) is 1.95. The van der Waals surface area contributed by atoms with E-state index >= 15 is 0 Å². The predicted octanol–water partition coefficient (Wildman–Crippen LogP) is 3.44. The number of rotatable bonds is 6. The number of halogens is 2. The maximum Gasteiger partial charge on any atom is 0.226 e. The van der Waals surface area contributed by atoms with Crippen LogP contribution in [0.3, 0.4) is 0 Å². The van der Waals surface area contributed by atoms with E-state index in [2.05, 4.69) is 37.1 Å². The molecule has 5 rings (SSSR count). The SMILES string of the molecule is CN1CCN(CCC(=O)Nc2cc(N3CCOc4cnc(-c5nc(Cl)ccc5F)cc43)ccn2)CC1. The molecule has 9 nitrogen and oxygen atoms in total. The fourth-order valence-corrected chi connectivity index (χ4v) is 4.46. The molecule has 0 radical (unpaired) electrons. The van der Waals surface area contributed by atoms with Crippen LogP contribution in [0.1, 0.15) is 6.42 Å². The molecule has 5 heterocycles. The van der Waals surface area contributed by atoms with E-state index in [9.17, 15) is 9.18 Å². The molecule has 1 saturated heterocycles. The minimum atomic E-state index is -0.513. The lowest BCUT2D eigenvalue weighted by atomic mass is 10.1. The zero-order valence-electron chi connectivity index (χ0n) is 20.0. The number of nitrogens with zero attached hydrogens (tertiary/aromatic N) is 6. The molecule has 188 valence electrons. The second-order valence-corrected chi connectivity index (χ2v) is 9.23. The maximum atomic E-state index is 14.4. The number of ether oxygens (including phenoxy) is 1. The quantitative estimate of drug-likeness (QED) is 0.504. The largest absolute Gasteiger partial charge is 0.488 e. The summed E-state index contributed by atoms with van der Waals surface area (Å²) in [5, 5.41) is 3.09. The molecule has 1 N–H and O–H groups in total. The Morgan fingerprint density at radius 1 is 1.14 bits per heavy atom. The van der Waals surface area contributed by atoms with Crippen LogP contribution in [0.15, 0.2) is 42.7 Å². The second kappa shape index (κ2) is 10.7. The summed E-state index contributed by atoms with van der Waals surface area (Å²) < 4.78 is 20.2. The summed E-state index contributed by atoms with van der Waals surface area (Å²) in [7, 11) is 2.11. The molecule has 0 atom stereocenters. The van der Waals surface area contributed by atoms with E-state index in [-0.39, 0.29) is 16.8 Å². The zero-order valence-corrected chi connectivity index (χ0v) is 20.7. The van der Waals surface area contributed by atoms with Crippen LogP contribution in [-0.4, -0.2) is 83.6 Å². The van der Waals surface area contributed by atoms with Crippen LogP contribution in [0, 0.1) is 5.82 Å². The molecule has 3 aromatic heterocycles. The van der Waals surface area contributed by atoms with Gasteiger partial charge in [-0.3, -0.25) is 9.78 Å². The van der Waals surface area contributed by atoms with Crippen LogP contribution in [0.2, 0.25) is 5.15 Å². The van der Waals surface area contributed by atoms with E-state index in [1.807, 2.05) is 17.0 Å². The fraction of sp³-hybridized carbons (Fsp3) is 0.360. The van der Waals surface area contributed by atoms with Crippen molar-refractivity contribution >= 4 is 34.7 Å². The number of carbonyl (C=O) groups is 1. The van der Waals surface area contributed by atoms with Gasteiger partial charge in [0.15, 0.2) is 11.6 Å². The van der Waals surface area contributed by atoms with E-state index in [4.69, 9.17) is 16.3 Å². The third-order valence-corrected chi connectivity index (χ3v) is 6.55. The van der Waals surface area contributed by atoms with Gasteiger partial charge in [-0.05, 0) is 31.3 Å². The predicted molar refractivity (Wildman–Crippen MR) is 136 cm³/mol. The Balaban J connectivity index is 1.32. The molecular weight excluding hydrogens is 485 g/mol. The Kier molecular flexibility index (Phi) is 7.26. The topological polar surface area (TPSA) is 86.7 Å². The number of aromatic nitrogens is 3. The third-order valence-electron chi connectivity index (χ3n) is 6.34. The molecule has 2 aliphatic rings. The van der Waals surface area contributed by atoms with Gasteiger partial charge in [-0.25, -0.2) is 14.4 Å². The van der Waals surface area contributed by atoms with Gasteiger partial charge in [0, 0.05) is 57.1 Å². The van der Waals surface area contributed by atoms with Gasteiger partial charge in [0.05, 0.1) is 24.1 Å². The van der Waals surface area contributed by atoms with Gasteiger partial charge < -0.3 is 24.8 Å². The number of piperazine rings is 1. The molecule has 2 aliphatic heterocycles. The number of pyridine rings is 3. The molecule has 1 fully saturated rings. The molecule has 1 amide bonds. The molecule has 0 unspecified atom stereocenters. The van der Waals surface area contributed by atoms with Crippen LogP contribution >= 0.6 is 11.6 Å². The highest BCUT2D eigenvalue weighted by atomic mass is 35.5. The Labute approximate surface area is 213 Å². The van der Waals surface area contributed by atoms with E-state index in [0.29, 0.717) is 42.5 Å². The van der Waals surface area contributed by atoms with Gasteiger partial charge in [-0.1, -0.05) is 11.6 Å². The molecule has 0 saturated carbocycles. The summed E-state index contributed by atoms with van der Waals surface area (Å²) >= 11 is 5.98. The Morgan fingerprint density at radius 2 is 1.97 bits per heavy atom. The first-order valence-corrected chi connectivity index (χ1v) is 12.2. The van der Waals surface area contributed by atoms with Crippen molar-refractivity contribution in [1.29, 1.82) is 0 Å². The highest BCUT2D eigenvalue weighted by molar-refractivity contribution is 6.29.